The van der Waals surface area contributed by atoms with E-state index in [-0.39, 0.29) is 17.6 Å². The first-order valence-electron chi connectivity index (χ1n) is 8.26. The number of hydrazone groups is 1. The minimum Gasteiger partial charge on any atom is -0.334 e. The topological polar surface area (TPSA) is 110 Å². The van der Waals surface area contributed by atoms with Crippen molar-refractivity contribution >= 4 is 47.1 Å². The van der Waals surface area contributed by atoms with Crippen molar-refractivity contribution in [2.45, 2.75) is 12.1 Å². The molecule has 0 spiro atoms. The van der Waals surface area contributed by atoms with Crippen LogP contribution in [0.15, 0.2) is 58.8 Å². The summed E-state index contributed by atoms with van der Waals surface area (Å²) < 4.78 is 1.24. The van der Waals surface area contributed by atoms with Crippen molar-refractivity contribution in [3.63, 3.8) is 0 Å². The van der Waals surface area contributed by atoms with E-state index in [2.05, 4.69) is 26.0 Å². The molecule has 0 unspecified atom stereocenters. The van der Waals surface area contributed by atoms with E-state index >= 15 is 0 Å². The fourth-order valence-corrected chi connectivity index (χ4v) is 3.03. The van der Waals surface area contributed by atoms with Crippen LogP contribution in [-0.2, 0) is 4.79 Å². The number of hydrogen-bond donors (Lipinski definition) is 3. The van der Waals surface area contributed by atoms with Crippen LogP contribution in [0, 0.1) is 6.92 Å². The van der Waals surface area contributed by atoms with E-state index < -0.39 is 0 Å². The highest BCUT2D eigenvalue weighted by molar-refractivity contribution is 7.99. The minimum atomic E-state index is -0.199. The summed E-state index contributed by atoms with van der Waals surface area (Å²) in [7, 11) is 0. The van der Waals surface area contributed by atoms with E-state index in [1.54, 1.807) is 18.3 Å². The van der Waals surface area contributed by atoms with Crippen LogP contribution in [-0.4, -0.2) is 32.7 Å². The lowest BCUT2D eigenvalue weighted by molar-refractivity contribution is -0.113. The van der Waals surface area contributed by atoms with Crippen molar-refractivity contribution in [3.8, 4) is 0 Å². The molecular weight excluding hydrogens is 398 g/mol. The Labute approximate surface area is 171 Å². The van der Waals surface area contributed by atoms with Gasteiger partial charge in [0, 0.05) is 10.7 Å². The molecule has 0 saturated heterocycles. The van der Waals surface area contributed by atoms with E-state index in [0.717, 1.165) is 22.9 Å². The Balaban J connectivity index is 1.54. The maximum absolute atomic E-state index is 12.2. The number of aromatic nitrogens is 3. The first-order chi connectivity index (χ1) is 13.5. The van der Waals surface area contributed by atoms with E-state index in [0.29, 0.717) is 15.9 Å². The van der Waals surface area contributed by atoms with Crippen molar-refractivity contribution in [3.05, 3.63) is 64.7 Å². The molecular formula is C18H18ClN7OS. The molecule has 0 atom stereocenters. The van der Waals surface area contributed by atoms with E-state index in [1.807, 2.05) is 43.3 Å². The van der Waals surface area contributed by atoms with Crippen LogP contribution in [0.1, 0.15) is 11.1 Å². The number of amides is 1. The van der Waals surface area contributed by atoms with E-state index in [4.69, 9.17) is 17.4 Å². The molecule has 2 aromatic carbocycles. The highest BCUT2D eigenvalue weighted by atomic mass is 35.5. The molecule has 1 aromatic heterocycles. The van der Waals surface area contributed by atoms with Crippen molar-refractivity contribution in [2.75, 3.05) is 22.3 Å². The molecule has 0 fully saturated rings. The Morgan fingerprint density at radius 2 is 2.07 bits per heavy atom. The second kappa shape index (κ2) is 9.25. The zero-order valence-corrected chi connectivity index (χ0v) is 16.5. The van der Waals surface area contributed by atoms with Gasteiger partial charge in [0.05, 0.1) is 12.0 Å². The van der Waals surface area contributed by atoms with Gasteiger partial charge in [-0.15, -0.1) is 10.2 Å². The number of nitrogens with zero attached hydrogens (tertiary/aromatic N) is 4. The molecule has 0 aliphatic rings. The highest BCUT2D eigenvalue weighted by Gasteiger charge is 2.12. The molecule has 144 valence electrons. The Hall–Kier alpha value is -3.04. The number of benzene rings is 2. The van der Waals surface area contributed by atoms with Crippen LogP contribution in [0.2, 0.25) is 5.02 Å². The van der Waals surface area contributed by atoms with Crippen molar-refractivity contribution in [2.24, 2.45) is 5.10 Å². The molecule has 0 aliphatic carbocycles. The number of rotatable bonds is 7. The van der Waals surface area contributed by atoms with Gasteiger partial charge in [-0.05, 0) is 30.2 Å². The summed E-state index contributed by atoms with van der Waals surface area (Å²) in [6.45, 7) is 1.89. The van der Waals surface area contributed by atoms with Gasteiger partial charge < -0.3 is 11.2 Å². The molecule has 1 amide bonds. The minimum absolute atomic E-state index is 0.120. The summed E-state index contributed by atoms with van der Waals surface area (Å²) in [5, 5.41) is 15.7. The normalized spacial score (nSPS) is 10.9. The lowest BCUT2D eigenvalue weighted by Gasteiger charge is -2.08. The van der Waals surface area contributed by atoms with Crippen LogP contribution >= 0.6 is 23.4 Å². The molecule has 28 heavy (non-hydrogen) atoms. The van der Waals surface area contributed by atoms with E-state index in [1.165, 1.54) is 4.68 Å². The second-order valence-electron chi connectivity index (χ2n) is 5.75. The first kappa shape index (κ1) is 19.7. The Morgan fingerprint density at radius 3 is 2.86 bits per heavy atom. The average Bonchev–Trinajstić information content (AvgIpc) is 3.04. The van der Waals surface area contributed by atoms with Gasteiger partial charge in [-0.2, -0.15) is 5.10 Å². The molecule has 8 nitrogen and oxygen atoms in total. The fraction of sp³-hybridized carbons (Fsp3) is 0.111. The standard InChI is InChI=1S/C18H18ClN7OS/c1-12-7-8-14(19)9-15(12)22-16(27)11-28-18-25-24-17(26(18)20)23-21-10-13-5-3-2-4-6-13/h2-10H,11,20H2,1H3,(H,22,27)(H,23,24)/b21-10+. The van der Waals surface area contributed by atoms with Crippen molar-refractivity contribution in [1.29, 1.82) is 0 Å². The predicted molar refractivity (Wildman–Crippen MR) is 113 cm³/mol. The number of hydrogen-bond acceptors (Lipinski definition) is 7. The van der Waals surface area contributed by atoms with Gasteiger partial charge in [0.15, 0.2) is 0 Å². The van der Waals surface area contributed by atoms with Gasteiger partial charge in [0.1, 0.15) is 0 Å². The third-order valence-corrected chi connectivity index (χ3v) is 4.83. The number of carbonyl (C=O) groups is 1. The van der Waals surface area contributed by atoms with Gasteiger partial charge in [-0.1, -0.05) is 59.8 Å². The Bertz CT molecular complexity index is 991. The first-order valence-corrected chi connectivity index (χ1v) is 9.62. The highest BCUT2D eigenvalue weighted by Crippen LogP contribution is 2.21. The molecule has 4 N–H and O–H groups in total. The van der Waals surface area contributed by atoms with Gasteiger partial charge in [-0.3, -0.25) is 4.79 Å². The molecule has 0 radical (unpaired) electrons. The number of nitrogens with two attached hydrogens (primary N) is 1. The fourth-order valence-electron chi connectivity index (χ4n) is 2.20. The van der Waals surface area contributed by atoms with Crippen LogP contribution in [0.5, 0.6) is 0 Å². The Morgan fingerprint density at radius 1 is 1.29 bits per heavy atom. The van der Waals surface area contributed by atoms with Gasteiger partial charge in [0.25, 0.3) is 5.95 Å². The Kier molecular flexibility index (Phi) is 6.51. The molecule has 3 rings (SSSR count). The largest absolute Gasteiger partial charge is 0.334 e. The zero-order chi connectivity index (χ0) is 19.9. The summed E-state index contributed by atoms with van der Waals surface area (Å²) in [6, 6.07) is 14.9. The molecule has 0 saturated carbocycles. The van der Waals surface area contributed by atoms with Crippen molar-refractivity contribution in [1.82, 2.24) is 14.9 Å². The summed E-state index contributed by atoms with van der Waals surface area (Å²) in [5.74, 6) is 6.14. The zero-order valence-electron chi connectivity index (χ0n) is 15.0. The average molecular weight is 416 g/mol. The quantitative estimate of drug-likeness (QED) is 0.236. The third-order valence-electron chi connectivity index (χ3n) is 3.65. The van der Waals surface area contributed by atoms with Crippen LogP contribution in [0.25, 0.3) is 0 Å². The molecule has 0 bridgehead atoms. The molecule has 1 heterocycles. The number of carbonyl (C=O) groups excluding carboxylic acids is 1. The van der Waals surface area contributed by atoms with Crippen LogP contribution in [0.4, 0.5) is 11.6 Å². The smallest absolute Gasteiger partial charge is 0.264 e. The maximum Gasteiger partial charge on any atom is 0.264 e. The third kappa shape index (κ3) is 5.24. The number of halogens is 1. The number of nitrogen functional groups attached to an aromatic ring is 1. The summed E-state index contributed by atoms with van der Waals surface area (Å²) in [4.78, 5) is 12.2. The number of nitrogens with one attached hydrogen (secondary N) is 2. The lowest BCUT2D eigenvalue weighted by atomic mass is 10.2. The summed E-state index contributed by atoms with van der Waals surface area (Å²) in [5.41, 5.74) is 5.25. The second-order valence-corrected chi connectivity index (χ2v) is 7.13. The summed E-state index contributed by atoms with van der Waals surface area (Å²) >= 11 is 7.13. The maximum atomic E-state index is 12.2. The molecule has 10 heteroatoms. The summed E-state index contributed by atoms with van der Waals surface area (Å²) in [6.07, 6.45) is 1.64. The number of thioether (sulfide) groups is 1. The lowest BCUT2D eigenvalue weighted by Crippen LogP contribution is -2.17. The number of aryl methyl sites for hydroxylation is 1. The van der Waals surface area contributed by atoms with E-state index in [9.17, 15) is 4.79 Å². The van der Waals surface area contributed by atoms with Crippen molar-refractivity contribution < 1.29 is 4.79 Å². The number of anilines is 2. The van der Waals surface area contributed by atoms with Gasteiger partial charge >= 0.3 is 0 Å². The van der Waals surface area contributed by atoms with Crippen LogP contribution < -0.4 is 16.6 Å². The van der Waals surface area contributed by atoms with Gasteiger partial charge in [-0.25, -0.2) is 10.1 Å². The van der Waals surface area contributed by atoms with Crippen LogP contribution in [0.3, 0.4) is 0 Å². The predicted octanol–water partition coefficient (Wildman–Crippen LogP) is 3.13. The monoisotopic (exact) mass is 415 g/mol. The molecule has 0 aliphatic heterocycles. The molecule has 3 aromatic rings. The SMILES string of the molecule is Cc1ccc(Cl)cc1NC(=O)CSc1nnc(N/N=C/c2ccccc2)n1N. The van der Waals surface area contributed by atoms with Gasteiger partial charge in [0.2, 0.25) is 11.1 Å².